The number of hydrogen-bond donors (Lipinski definition) is 1. The first-order chi connectivity index (χ1) is 16.8. The molecule has 2 unspecified atom stereocenters. The van der Waals surface area contributed by atoms with Crippen LogP contribution in [0.1, 0.15) is 45.0 Å². The molecular formula is C26H29N3O5S. The highest BCUT2D eigenvalue weighted by Crippen LogP contribution is 2.47. The van der Waals surface area contributed by atoms with Gasteiger partial charge < -0.3 is 19.5 Å². The number of fused-ring (bicyclic) bond motifs is 1. The molecule has 0 bridgehead atoms. The van der Waals surface area contributed by atoms with Crippen LogP contribution in [0.5, 0.6) is 11.5 Å². The van der Waals surface area contributed by atoms with E-state index in [0.29, 0.717) is 33.4 Å². The molecule has 1 aromatic carbocycles. The number of pyridine rings is 1. The third-order valence-corrected chi connectivity index (χ3v) is 6.67. The second-order valence-electron chi connectivity index (χ2n) is 8.33. The Bertz CT molecular complexity index is 1180. The molecule has 4 rings (SSSR count). The summed E-state index contributed by atoms with van der Waals surface area (Å²) in [7, 11) is 1.56. The van der Waals surface area contributed by atoms with Gasteiger partial charge in [0.2, 0.25) is 0 Å². The zero-order chi connectivity index (χ0) is 25.1. The molecule has 35 heavy (non-hydrogen) atoms. The van der Waals surface area contributed by atoms with Gasteiger partial charge in [0.25, 0.3) is 5.91 Å². The van der Waals surface area contributed by atoms with Gasteiger partial charge in [-0.2, -0.15) is 0 Å². The Labute approximate surface area is 209 Å². The lowest BCUT2D eigenvalue weighted by Crippen LogP contribution is -2.50. The summed E-state index contributed by atoms with van der Waals surface area (Å²) in [4.78, 5) is 33.3. The van der Waals surface area contributed by atoms with Gasteiger partial charge >= 0.3 is 5.97 Å². The van der Waals surface area contributed by atoms with Gasteiger partial charge in [0.1, 0.15) is 0 Å². The Morgan fingerprint density at radius 1 is 1.26 bits per heavy atom. The second-order valence-corrected chi connectivity index (χ2v) is 9.45. The predicted molar refractivity (Wildman–Crippen MR) is 134 cm³/mol. The molecule has 2 aliphatic heterocycles. The fourth-order valence-corrected chi connectivity index (χ4v) is 5.32. The molecule has 8 nitrogen and oxygen atoms in total. The number of ether oxygens (including phenoxy) is 3. The zero-order valence-corrected chi connectivity index (χ0v) is 21.2. The van der Waals surface area contributed by atoms with Gasteiger partial charge in [0.15, 0.2) is 17.0 Å². The van der Waals surface area contributed by atoms with Crippen molar-refractivity contribution in [3.05, 3.63) is 70.0 Å². The summed E-state index contributed by atoms with van der Waals surface area (Å²) >= 11 is 1.39. The monoisotopic (exact) mass is 495 g/mol. The smallest absolute Gasteiger partial charge is 0.338 e. The Hall–Kier alpha value is -3.46. The van der Waals surface area contributed by atoms with Gasteiger partial charge in [-0.3, -0.25) is 14.7 Å². The number of benzene rings is 1. The number of carbonyl (C=O) groups excluding carboxylic acids is 2. The molecule has 1 aromatic heterocycles. The average molecular weight is 496 g/mol. The summed E-state index contributed by atoms with van der Waals surface area (Å²) in [5.74, 6) is 0.449. The summed E-state index contributed by atoms with van der Waals surface area (Å²) in [6, 6.07) is 10.3. The molecule has 0 radical (unpaired) electrons. The number of carbonyl (C=O) groups is 2. The van der Waals surface area contributed by atoms with Crippen LogP contribution in [-0.2, 0) is 14.3 Å². The summed E-state index contributed by atoms with van der Waals surface area (Å²) in [5.41, 5.74) is 2.07. The molecule has 2 aromatic rings. The average Bonchev–Trinajstić information content (AvgIpc) is 3.13. The number of hydrogen-bond acceptors (Lipinski definition) is 8. The minimum Gasteiger partial charge on any atom is -0.493 e. The van der Waals surface area contributed by atoms with Crippen molar-refractivity contribution in [1.29, 1.82) is 0 Å². The largest absolute Gasteiger partial charge is 0.493 e. The predicted octanol–water partition coefficient (Wildman–Crippen LogP) is 4.26. The maximum absolute atomic E-state index is 13.7. The summed E-state index contributed by atoms with van der Waals surface area (Å²) in [6.07, 6.45) is 3.41. The minimum atomic E-state index is -0.670. The van der Waals surface area contributed by atoms with Crippen molar-refractivity contribution in [2.24, 2.45) is 0 Å². The Balaban J connectivity index is 1.80. The molecule has 1 N–H and O–H groups in total. The van der Waals surface area contributed by atoms with Crippen LogP contribution in [0.4, 0.5) is 0 Å². The van der Waals surface area contributed by atoms with Crippen molar-refractivity contribution in [3.8, 4) is 11.5 Å². The normalized spacial score (nSPS) is 20.7. The van der Waals surface area contributed by atoms with E-state index in [4.69, 9.17) is 14.2 Å². The van der Waals surface area contributed by atoms with Crippen molar-refractivity contribution in [2.75, 3.05) is 13.7 Å². The standard InChI is InChI=1S/C26H29N3O5S/c1-6-33-25(31)22-16(4)28-26-29(24(30)21(35-26)14-18-9-7-8-12-27-18)23(22)17-10-11-19(34-15(2)3)20(13-17)32-5/h7-15,23,26,28H,6H2,1-5H3. The van der Waals surface area contributed by atoms with Crippen LogP contribution < -0.4 is 14.8 Å². The summed E-state index contributed by atoms with van der Waals surface area (Å²) in [6.45, 7) is 7.68. The van der Waals surface area contributed by atoms with Gasteiger partial charge in [-0.25, -0.2) is 4.79 Å². The molecule has 0 saturated carbocycles. The fraction of sp³-hybridized carbons (Fsp3) is 0.346. The maximum atomic E-state index is 13.7. The first-order valence-corrected chi connectivity index (χ1v) is 12.3. The van der Waals surface area contributed by atoms with Crippen molar-refractivity contribution < 1.29 is 23.8 Å². The van der Waals surface area contributed by atoms with Gasteiger partial charge in [0, 0.05) is 11.9 Å². The van der Waals surface area contributed by atoms with Crippen molar-refractivity contribution in [1.82, 2.24) is 15.2 Å². The van der Waals surface area contributed by atoms with E-state index in [-0.39, 0.29) is 18.6 Å². The number of methoxy groups -OCH3 is 1. The van der Waals surface area contributed by atoms with E-state index < -0.39 is 17.5 Å². The maximum Gasteiger partial charge on any atom is 0.338 e. The van der Waals surface area contributed by atoms with Crippen LogP contribution in [0.3, 0.4) is 0 Å². The first kappa shape index (κ1) is 24.7. The van der Waals surface area contributed by atoms with Crippen LogP contribution in [0.15, 0.2) is 58.8 Å². The molecule has 9 heteroatoms. The van der Waals surface area contributed by atoms with Crippen LogP contribution in [-0.4, -0.2) is 47.1 Å². The molecular weight excluding hydrogens is 466 g/mol. The third kappa shape index (κ3) is 5.00. The molecule has 3 heterocycles. The molecule has 1 amide bonds. The Morgan fingerprint density at radius 2 is 2.06 bits per heavy atom. The number of nitrogens with zero attached hydrogens (tertiary/aromatic N) is 2. The molecule has 184 valence electrons. The molecule has 0 spiro atoms. The van der Waals surface area contributed by atoms with Crippen molar-refractivity contribution in [2.45, 2.75) is 45.3 Å². The van der Waals surface area contributed by atoms with Crippen LogP contribution >= 0.6 is 11.8 Å². The Kier molecular flexibility index (Phi) is 7.35. The number of thioether (sulfide) groups is 1. The van der Waals surface area contributed by atoms with E-state index in [2.05, 4.69) is 10.3 Å². The number of rotatable bonds is 7. The van der Waals surface area contributed by atoms with E-state index in [1.807, 2.05) is 57.2 Å². The summed E-state index contributed by atoms with van der Waals surface area (Å²) < 4.78 is 16.8. The van der Waals surface area contributed by atoms with E-state index >= 15 is 0 Å². The summed E-state index contributed by atoms with van der Waals surface area (Å²) in [5, 5.41) is 3.31. The molecule has 2 atom stereocenters. The van der Waals surface area contributed by atoms with Crippen molar-refractivity contribution in [3.63, 3.8) is 0 Å². The zero-order valence-electron chi connectivity index (χ0n) is 20.4. The van der Waals surface area contributed by atoms with Gasteiger partial charge in [0.05, 0.1) is 42.0 Å². The fourth-order valence-electron chi connectivity index (χ4n) is 4.12. The molecule has 1 saturated heterocycles. The van der Waals surface area contributed by atoms with Gasteiger partial charge in [-0.1, -0.05) is 23.9 Å². The van der Waals surface area contributed by atoms with E-state index in [1.165, 1.54) is 11.8 Å². The SMILES string of the molecule is CCOC(=O)C1=C(C)NC2SC(=Cc3ccccn3)C(=O)N2C1c1ccc(OC(C)C)c(OC)c1. The minimum absolute atomic E-state index is 0.0360. The van der Waals surface area contributed by atoms with Crippen LogP contribution in [0.2, 0.25) is 0 Å². The van der Waals surface area contributed by atoms with Gasteiger partial charge in [-0.05, 0) is 63.6 Å². The van der Waals surface area contributed by atoms with Crippen LogP contribution in [0.25, 0.3) is 6.08 Å². The lowest BCUT2D eigenvalue weighted by Gasteiger charge is -2.39. The van der Waals surface area contributed by atoms with E-state index in [9.17, 15) is 9.59 Å². The highest BCUT2D eigenvalue weighted by molar-refractivity contribution is 8.05. The number of aromatic nitrogens is 1. The lowest BCUT2D eigenvalue weighted by atomic mass is 9.93. The highest BCUT2D eigenvalue weighted by atomic mass is 32.2. The number of nitrogens with one attached hydrogen (secondary N) is 1. The highest BCUT2D eigenvalue weighted by Gasteiger charge is 2.48. The number of esters is 1. The molecule has 2 aliphatic rings. The molecule has 1 fully saturated rings. The van der Waals surface area contributed by atoms with E-state index in [0.717, 1.165) is 5.56 Å². The van der Waals surface area contributed by atoms with Crippen molar-refractivity contribution >= 4 is 29.7 Å². The van der Waals surface area contributed by atoms with Crippen LogP contribution in [0, 0.1) is 0 Å². The topological polar surface area (TPSA) is 90.0 Å². The van der Waals surface area contributed by atoms with Gasteiger partial charge in [-0.15, -0.1) is 0 Å². The molecule has 0 aliphatic carbocycles. The number of amides is 1. The Morgan fingerprint density at radius 3 is 2.71 bits per heavy atom. The quantitative estimate of drug-likeness (QED) is 0.450. The third-order valence-electron chi connectivity index (χ3n) is 5.56. The number of allylic oxidation sites excluding steroid dienone is 1. The first-order valence-electron chi connectivity index (χ1n) is 11.4. The van der Waals surface area contributed by atoms with E-state index in [1.54, 1.807) is 31.2 Å². The lowest BCUT2D eigenvalue weighted by molar-refractivity contribution is -0.140. The second kappa shape index (κ2) is 10.4.